The first-order valence-electron chi connectivity index (χ1n) is 12.3. The van der Waals surface area contributed by atoms with E-state index in [9.17, 15) is 23.9 Å². The molecule has 5 rings (SSSR count). The maximum atomic E-state index is 13.3. The second-order valence-corrected chi connectivity index (χ2v) is 9.28. The van der Waals surface area contributed by atoms with E-state index >= 15 is 0 Å². The fourth-order valence-corrected chi connectivity index (χ4v) is 4.75. The Morgan fingerprint density at radius 3 is 2.05 bits per heavy atom. The summed E-state index contributed by atoms with van der Waals surface area (Å²) in [6.07, 6.45) is 1.37. The number of fused-ring (bicyclic) bond motifs is 1. The Bertz CT molecular complexity index is 1560. The summed E-state index contributed by atoms with van der Waals surface area (Å²) in [5, 5.41) is 12.7. The summed E-state index contributed by atoms with van der Waals surface area (Å²) >= 11 is 0. The summed E-state index contributed by atoms with van der Waals surface area (Å²) in [5.41, 5.74) is 3.26. The van der Waals surface area contributed by atoms with Crippen molar-refractivity contribution in [1.29, 1.82) is 0 Å². The van der Waals surface area contributed by atoms with Gasteiger partial charge in [-0.25, -0.2) is 9.18 Å². The molecule has 1 fully saturated rings. The molecule has 0 radical (unpaired) electrons. The number of carbonyl (C=O) groups excluding carboxylic acids is 1. The molecule has 1 saturated heterocycles. The number of aromatic nitrogens is 1. The average Bonchev–Trinajstić information content (AvgIpc) is 2.92. The van der Waals surface area contributed by atoms with Gasteiger partial charge in [0, 0.05) is 68.3 Å². The molecule has 1 aliphatic heterocycles. The van der Waals surface area contributed by atoms with E-state index < -0.39 is 11.4 Å². The van der Waals surface area contributed by atoms with E-state index in [0.717, 1.165) is 43.1 Å². The first-order valence-corrected chi connectivity index (χ1v) is 12.3. The zero-order valence-electron chi connectivity index (χ0n) is 20.9. The van der Waals surface area contributed by atoms with E-state index in [4.69, 9.17) is 0 Å². The maximum Gasteiger partial charge on any atom is 0.341 e. The number of anilines is 2. The van der Waals surface area contributed by atoms with Crippen LogP contribution in [0.25, 0.3) is 16.6 Å². The monoisotopic (exact) mass is 514 g/mol. The summed E-state index contributed by atoms with van der Waals surface area (Å²) in [7, 11) is 0. The topological polar surface area (TPSA) is 94.9 Å². The van der Waals surface area contributed by atoms with E-state index in [-0.39, 0.29) is 17.3 Å². The molecule has 0 unspecified atom stereocenters. The third-order valence-corrected chi connectivity index (χ3v) is 6.81. The number of aromatic carboxylic acids is 1. The van der Waals surface area contributed by atoms with E-state index in [0.29, 0.717) is 23.1 Å². The smallest absolute Gasteiger partial charge is 0.341 e. The average molecular weight is 515 g/mol. The highest BCUT2D eigenvalue weighted by atomic mass is 19.1. The number of hydrogen-bond donors (Lipinski definition) is 2. The fraction of sp³-hybridized carbons (Fsp3) is 0.207. The molecule has 1 aromatic heterocycles. The second kappa shape index (κ2) is 10.4. The molecule has 194 valence electrons. The van der Waals surface area contributed by atoms with Crippen LogP contribution in [0.5, 0.6) is 0 Å². The molecule has 8 nitrogen and oxygen atoms in total. The number of pyridine rings is 1. The third-order valence-electron chi connectivity index (χ3n) is 6.81. The summed E-state index contributed by atoms with van der Waals surface area (Å²) in [6, 6.07) is 19.3. The molecular formula is C29H27FN4O4. The van der Waals surface area contributed by atoms with Crippen molar-refractivity contribution in [3.8, 4) is 5.69 Å². The van der Waals surface area contributed by atoms with Gasteiger partial charge in [0.05, 0.1) is 5.52 Å². The van der Waals surface area contributed by atoms with E-state index in [2.05, 4.69) is 15.1 Å². The minimum Gasteiger partial charge on any atom is -0.477 e. The Morgan fingerprint density at radius 2 is 1.45 bits per heavy atom. The minimum atomic E-state index is -1.28. The molecule has 0 atom stereocenters. The number of benzene rings is 3. The lowest BCUT2D eigenvalue weighted by atomic mass is 10.1. The van der Waals surface area contributed by atoms with Gasteiger partial charge in [0.15, 0.2) is 0 Å². The van der Waals surface area contributed by atoms with Gasteiger partial charge in [-0.2, -0.15) is 0 Å². The van der Waals surface area contributed by atoms with Crippen molar-refractivity contribution in [2.24, 2.45) is 0 Å². The van der Waals surface area contributed by atoms with Crippen LogP contribution in [0, 0.1) is 5.82 Å². The quantitative estimate of drug-likeness (QED) is 0.407. The van der Waals surface area contributed by atoms with Crippen molar-refractivity contribution < 1.29 is 19.1 Å². The molecule has 2 heterocycles. The van der Waals surface area contributed by atoms with Crippen molar-refractivity contribution in [3.63, 3.8) is 0 Å². The molecule has 2 N–H and O–H groups in total. The third kappa shape index (κ3) is 5.08. The van der Waals surface area contributed by atoms with Crippen molar-refractivity contribution in [2.45, 2.75) is 13.5 Å². The molecule has 9 heteroatoms. The number of nitrogens with zero attached hydrogens (tertiary/aromatic N) is 3. The Hall–Kier alpha value is -4.66. The highest BCUT2D eigenvalue weighted by Gasteiger charge is 2.20. The summed E-state index contributed by atoms with van der Waals surface area (Å²) in [6.45, 7) is 4.81. The predicted molar refractivity (Wildman–Crippen MR) is 145 cm³/mol. The molecular weight excluding hydrogens is 487 g/mol. The van der Waals surface area contributed by atoms with Crippen LogP contribution in [0.1, 0.15) is 22.8 Å². The molecule has 4 aromatic rings. The van der Waals surface area contributed by atoms with Crippen LogP contribution in [0.2, 0.25) is 0 Å². The lowest BCUT2D eigenvalue weighted by Gasteiger charge is -2.37. The molecule has 3 aromatic carbocycles. The van der Waals surface area contributed by atoms with E-state index in [1.165, 1.54) is 25.3 Å². The zero-order valence-corrected chi connectivity index (χ0v) is 20.9. The molecule has 0 saturated carbocycles. The summed E-state index contributed by atoms with van der Waals surface area (Å²) < 4.78 is 15.0. The Labute approximate surface area is 218 Å². The Kier molecular flexibility index (Phi) is 6.83. The standard InChI is InChI=1S/C29H27FN4O4/c1-19(35)31-17-20-2-6-23(7-3-20)34-18-26(29(37)38)28(36)25-11-10-24(16-27(25)34)33-14-12-32(13-15-33)22-8-4-21(30)5-9-22/h2-11,16,18H,12-15,17H2,1H3,(H,31,35)(H,37,38). The number of carbonyl (C=O) groups is 2. The molecule has 1 amide bonds. The van der Waals surface area contributed by atoms with Crippen molar-refractivity contribution in [1.82, 2.24) is 9.88 Å². The lowest BCUT2D eigenvalue weighted by molar-refractivity contribution is -0.119. The number of carboxylic acids is 1. The van der Waals surface area contributed by atoms with Gasteiger partial charge < -0.3 is 24.8 Å². The number of amides is 1. The van der Waals surface area contributed by atoms with Crippen LogP contribution < -0.4 is 20.5 Å². The van der Waals surface area contributed by atoms with Crippen LogP contribution in [-0.4, -0.2) is 47.7 Å². The van der Waals surface area contributed by atoms with E-state index in [1.807, 2.05) is 36.4 Å². The van der Waals surface area contributed by atoms with Gasteiger partial charge in [-0.3, -0.25) is 9.59 Å². The van der Waals surface area contributed by atoms with Gasteiger partial charge in [-0.15, -0.1) is 0 Å². The first-order chi connectivity index (χ1) is 18.3. The number of piperazine rings is 1. The van der Waals surface area contributed by atoms with Crippen LogP contribution in [0.4, 0.5) is 15.8 Å². The van der Waals surface area contributed by atoms with Gasteiger partial charge in [0.2, 0.25) is 11.3 Å². The van der Waals surface area contributed by atoms with E-state index in [1.54, 1.807) is 22.8 Å². The number of rotatable bonds is 6. The zero-order chi connectivity index (χ0) is 26.8. The highest BCUT2D eigenvalue weighted by molar-refractivity contribution is 5.94. The van der Waals surface area contributed by atoms with Crippen LogP contribution in [0.3, 0.4) is 0 Å². The van der Waals surface area contributed by atoms with Crippen molar-refractivity contribution in [2.75, 3.05) is 36.0 Å². The molecule has 0 bridgehead atoms. The summed E-state index contributed by atoms with van der Waals surface area (Å²) in [5.74, 6) is -1.67. The van der Waals surface area contributed by atoms with Crippen LogP contribution >= 0.6 is 0 Å². The maximum absolute atomic E-state index is 13.3. The van der Waals surface area contributed by atoms with Gasteiger partial charge >= 0.3 is 5.97 Å². The highest BCUT2D eigenvalue weighted by Crippen LogP contribution is 2.26. The van der Waals surface area contributed by atoms with Crippen molar-refractivity contribution in [3.05, 3.63) is 100 Å². The fourth-order valence-electron chi connectivity index (χ4n) is 4.75. The SMILES string of the molecule is CC(=O)NCc1ccc(-n2cc(C(=O)O)c(=O)c3ccc(N4CCN(c5ccc(F)cc5)CC4)cc32)cc1. The normalized spacial score (nSPS) is 13.5. The van der Waals surface area contributed by atoms with Gasteiger partial charge in [0.1, 0.15) is 11.4 Å². The molecule has 38 heavy (non-hydrogen) atoms. The second-order valence-electron chi connectivity index (χ2n) is 9.28. The van der Waals surface area contributed by atoms with Crippen LogP contribution in [0.15, 0.2) is 77.7 Å². The Morgan fingerprint density at radius 1 is 0.868 bits per heavy atom. The van der Waals surface area contributed by atoms with Gasteiger partial charge in [-0.1, -0.05) is 12.1 Å². The number of halogens is 1. The van der Waals surface area contributed by atoms with Crippen molar-refractivity contribution >= 4 is 34.2 Å². The van der Waals surface area contributed by atoms with Crippen LogP contribution in [-0.2, 0) is 11.3 Å². The van der Waals surface area contributed by atoms with Gasteiger partial charge in [-0.05, 0) is 60.2 Å². The predicted octanol–water partition coefficient (Wildman–Crippen LogP) is 3.79. The minimum absolute atomic E-state index is 0.127. The van der Waals surface area contributed by atoms with Gasteiger partial charge in [0.25, 0.3) is 0 Å². The lowest BCUT2D eigenvalue weighted by Crippen LogP contribution is -2.46. The summed E-state index contributed by atoms with van der Waals surface area (Å²) in [4.78, 5) is 40.5. The Balaban J connectivity index is 1.47. The molecule has 0 spiro atoms. The molecule has 0 aliphatic carbocycles. The number of carboxylic acid groups (broad SMARTS) is 1. The first kappa shape index (κ1) is 25.0. The molecule has 1 aliphatic rings. The number of nitrogens with one attached hydrogen (secondary N) is 1. The number of hydrogen-bond acceptors (Lipinski definition) is 5. The largest absolute Gasteiger partial charge is 0.477 e.